The predicted octanol–water partition coefficient (Wildman–Crippen LogP) is 1.19. The van der Waals surface area contributed by atoms with Crippen LogP contribution in [0.15, 0.2) is 24.3 Å². The maximum atomic E-state index is 4.60. The Morgan fingerprint density at radius 2 is 1.94 bits per heavy atom. The molecule has 1 aromatic carbocycles. The molecule has 0 radical (unpaired) electrons. The van der Waals surface area contributed by atoms with E-state index in [1.54, 1.807) is 0 Å². The summed E-state index contributed by atoms with van der Waals surface area (Å²) in [5.74, 6) is 1.65. The van der Waals surface area contributed by atoms with Gasteiger partial charge in [0.15, 0.2) is 5.82 Å². The molecule has 5 nitrogen and oxygen atoms in total. The quantitative estimate of drug-likeness (QED) is 0.832. The van der Waals surface area contributed by atoms with Crippen LogP contribution in [0.1, 0.15) is 5.56 Å². The number of piperazine rings is 1. The molecule has 0 spiro atoms. The minimum absolute atomic E-state index is 0.801. The number of hydrogen-bond donors (Lipinski definition) is 2. The van der Waals surface area contributed by atoms with Gasteiger partial charge < -0.3 is 10.2 Å². The molecular formula is C13H17N5. The van der Waals surface area contributed by atoms with Crippen LogP contribution in [-0.2, 0) is 0 Å². The van der Waals surface area contributed by atoms with Crippen molar-refractivity contribution in [2.45, 2.75) is 6.92 Å². The summed E-state index contributed by atoms with van der Waals surface area (Å²) < 4.78 is 0. The third kappa shape index (κ3) is 2.09. The highest BCUT2D eigenvalue weighted by atomic mass is 15.4. The van der Waals surface area contributed by atoms with E-state index in [2.05, 4.69) is 44.5 Å². The van der Waals surface area contributed by atoms with Gasteiger partial charge in [0, 0.05) is 31.7 Å². The zero-order valence-electron chi connectivity index (χ0n) is 10.5. The Bertz CT molecular complexity index is 528. The molecule has 0 bridgehead atoms. The van der Waals surface area contributed by atoms with Crippen molar-refractivity contribution in [2.75, 3.05) is 31.1 Å². The zero-order chi connectivity index (χ0) is 12.4. The fraction of sp³-hybridized carbons (Fsp3) is 0.385. The van der Waals surface area contributed by atoms with E-state index >= 15 is 0 Å². The van der Waals surface area contributed by atoms with E-state index in [4.69, 9.17) is 0 Å². The highest BCUT2D eigenvalue weighted by Crippen LogP contribution is 2.21. The van der Waals surface area contributed by atoms with Gasteiger partial charge in [-0.05, 0) is 12.5 Å². The molecule has 1 saturated heterocycles. The summed E-state index contributed by atoms with van der Waals surface area (Å²) in [6.07, 6.45) is 0. The first kappa shape index (κ1) is 11.2. The number of anilines is 1. The van der Waals surface area contributed by atoms with Crippen LogP contribution >= 0.6 is 0 Å². The maximum absolute atomic E-state index is 4.60. The van der Waals surface area contributed by atoms with Crippen molar-refractivity contribution in [1.29, 1.82) is 0 Å². The van der Waals surface area contributed by atoms with Gasteiger partial charge in [-0.1, -0.05) is 24.3 Å². The lowest BCUT2D eigenvalue weighted by molar-refractivity contribution is 0.580. The third-order valence-electron chi connectivity index (χ3n) is 3.27. The van der Waals surface area contributed by atoms with Crippen LogP contribution in [-0.4, -0.2) is 41.4 Å². The second-order valence-electron chi connectivity index (χ2n) is 4.54. The molecule has 1 fully saturated rings. The summed E-state index contributed by atoms with van der Waals surface area (Å²) >= 11 is 0. The summed E-state index contributed by atoms with van der Waals surface area (Å²) in [6, 6.07) is 8.21. The van der Waals surface area contributed by atoms with Gasteiger partial charge in [0.25, 0.3) is 0 Å². The number of hydrogen-bond acceptors (Lipinski definition) is 4. The Labute approximate surface area is 106 Å². The SMILES string of the molecule is Cc1ccccc1-c1nc(N2CCNCC2)n[nH]1. The third-order valence-corrected chi connectivity index (χ3v) is 3.27. The fourth-order valence-electron chi connectivity index (χ4n) is 2.22. The first-order chi connectivity index (χ1) is 8.84. The van der Waals surface area contributed by atoms with E-state index in [1.807, 2.05) is 12.1 Å². The molecule has 2 N–H and O–H groups in total. The summed E-state index contributed by atoms with van der Waals surface area (Å²) in [5, 5.41) is 10.7. The van der Waals surface area contributed by atoms with Crippen LogP contribution in [0.25, 0.3) is 11.4 Å². The molecule has 0 aliphatic carbocycles. The monoisotopic (exact) mass is 243 g/mol. The summed E-state index contributed by atoms with van der Waals surface area (Å²) in [6.45, 7) is 6.00. The number of H-pyrrole nitrogens is 1. The summed E-state index contributed by atoms with van der Waals surface area (Å²) in [4.78, 5) is 6.80. The topological polar surface area (TPSA) is 56.8 Å². The average molecular weight is 243 g/mol. The molecule has 2 heterocycles. The molecule has 94 valence electrons. The molecule has 0 unspecified atom stereocenters. The molecule has 1 aromatic heterocycles. The molecule has 0 amide bonds. The van der Waals surface area contributed by atoms with Crippen molar-refractivity contribution in [3.05, 3.63) is 29.8 Å². The molecule has 2 aromatic rings. The lowest BCUT2D eigenvalue weighted by Crippen LogP contribution is -2.44. The molecule has 1 aliphatic rings. The van der Waals surface area contributed by atoms with E-state index in [1.165, 1.54) is 5.56 Å². The highest BCUT2D eigenvalue weighted by Gasteiger charge is 2.15. The first-order valence-corrected chi connectivity index (χ1v) is 6.28. The molecular weight excluding hydrogens is 226 g/mol. The zero-order valence-corrected chi connectivity index (χ0v) is 10.5. The predicted molar refractivity (Wildman–Crippen MR) is 71.6 cm³/mol. The van der Waals surface area contributed by atoms with Gasteiger partial charge in [-0.2, -0.15) is 4.98 Å². The van der Waals surface area contributed by atoms with Crippen molar-refractivity contribution < 1.29 is 0 Å². The van der Waals surface area contributed by atoms with E-state index in [-0.39, 0.29) is 0 Å². The molecule has 18 heavy (non-hydrogen) atoms. The second-order valence-corrected chi connectivity index (χ2v) is 4.54. The molecule has 0 atom stereocenters. The minimum Gasteiger partial charge on any atom is -0.337 e. The van der Waals surface area contributed by atoms with Crippen molar-refractivity contribution >= 4 is 5.95 Å². The van der Waals surface area contributed by atoms with Gasteiger partial charge in [-0.15, -0.1) is 5.10 Å². The van der Waals surface area contributed by atoms with E-state index in [0.717, 1.165) is 43.5 Å². The number of nitrogens with one attached hydrogen (secondary N) is 2. The van der Waals surface area contributed by atoms with E-state index in [0.29, 0.717) is 0 Å². The van der Waals surface area contributed by atoms with Gasteiger partial charge in [-0.25, -0.2) is 0 Å². The Morgan fingerprint density at radius 3 is 2.72 bits per heavy atom. The number of benzene rings is 1. The van der Waals surface area contributed by atoms with Gasteiger partial charge in [0.1, 0.15) is 0 Å². The van der Waals surface area contributed by atoms with E-state index in [9.17, 15) is 0 Å². The van der Waals surface area contributed by atoms with Gasteiger partial charge >= 0.3 is 0 Å². The minimum atomic E-state index is 0.801. The van der Waals surface area contributed by atoms with Crippen molar-refractivity contribution in [3.63, 3.8) is 0 Å². The second kappa shape index (κ2) is 4.78. The van der Waals surface area contributed by atoms with Crippen LogP contribution in [0.2, 0.25) is 0 Å². The lowest BCUT2D eigenvalue weighted by atomic mass is 10.1. The Kier molecular flexibility index (Phi) is 2.98. The number of nitrogens with zero attached hydrogens (tertiary/aromatic N) is 3. The van der Waals surface area contributed by atoms with Gasteiger partial charge in [0.2, 0.25) is 5.95 Å². The highest BCUT2D eigenvalue weighted by molar-refractivity contribution is 5.60. The molecule has 0 saturated carbocycles. The van der Waals surface area contributed by atoms with Crippen molar-refractivity contribution in [1.82, 2.24) is 20.5 Å². The molecule has 3 rings (SSSR count). The largest absolute Gasteiger partial charge is 0.337 e. The fourth-order valence-corrected chi connectivity index (χ4v) is 2.22. The van der Waals surface area contributed by atoms with Crippen LogP contribution in [0.3, 0.4) is 0 Å². The summed E-state index contributed by atoms with van der Waals surface area (Å²) in [5.41, 5.74) is 2.33. The average Bonchev–Trinajstić information content (AvgIpc) is 2.90. The smallest absolute Gasteiger partial charge is 0.245 e. The van der Waals surface area contributed by atoms with Crippen molar-refractivity contribution in [3.8, 4) is 11.4 Å². The number of aromatic nitrogens is 3. The van der Waals surface area contributed by atoms with Gasteiger partial charge in [-0.3, -0.25) is 5.10 Å². The molecule has 1 aliphatic heterocycles. The standard InChI is InChI=1S/C13H17N5/c1-10-4-2-3-5-11(10)12-15-13(17-16-12)18-8-6-14-7-9-18/h2-5,14H,6-9H2,1H3,(H,15,16,17). The number of aromatic amines is 1. The van der Waals surface area contributed by atoms with Gasteiger partial charge in [0.05, 0.1) is 0 Å². The van der Waals surface area contributed by atoms with E-state index < -0.39 is 0 Å². The van der Waals surface area contributed by atoms with Crippen LogP contribution in [0, 0.1) is 6.92 Å². The Hall–Kier alpha value is -1.88. The lowest BCUT2D eigenvalue weighted by Gasteiger charge is -2.25. The van der Waals surface area contributed by atoms with Crippen LogP contribution in [0.4, 0.5) is 5.95 Å². The molecule has 5 heteroatoms. The Morgan fingerprint density at radius 1 is 1.17 bits per heavy atom. The normalized spacial score (nSPS) is 15.9. The van der Waals surface area contributed by atoms with Crippen LogP contribution < -0.4 is 10.2 Å². The number of rotatable bonds is 2. The maximum Gasteiger partial charge on any atom is 0.245 e. The van der Waals surface area contributed by atoms with Crippen molar-refractivity contribution in [2.24, 2.45) is 0 Å². The first-order valence-electron chi connectivity index (χ1n) is 6.28. The summed E-state index contributed by atoms with van der Waals surface area (Å²) in [7, 11) is 0. The van der Waals surface area contributed by atoms with Crippen LogP contribution in [0.5, 0.6) is 0 Å². The number of aryl methyl sites for hydroxylation is 1. The Balaban J connectivity index is 1.87.